The largest absolute Gasteiger partial charge is 0.495 e. The number of allylic oxidation sites excluding steroid dienone is 1. The molecule has 3 aromatic rings. The zero-order valence-electron chi connectivity index (χ0n) is 15.4. The summed E-state index contributed by atoms with van der Waals surface area (Å²) >= 11 is 1.40. The van der Waals surface area contributed by atoms with Crippen LogP contribution >= 0.6 is 11.3 Å². The Morgan fingerprint density at radius 2 is 1.89 bits per heavy atom. The number of nitrogens with one attached hydrogen (secondary N) is 2. The van der Waals surface area contributed by atoms with Crippen molar-refractivity contribution >= 4 is 34.2 Å². The standard InChI is InChI=1S/C21H18N4O2S/c1-14-13-28-21(24-14)15(11-22)12-23-17-8-4-3-7-16(17)20(26)25-18-9-5-6-10-19(18)27-2/h3-10,12-13,23H,1-2H3,(H,25,26)/b15-12+. The van der Waals surface area contributed by atoms with E-state index in [1.165, 1.54) is 11.3 Å². The molecule has 7 heteroatoms. The minimum absolute atomic E-state index is 0.287. The SMILES string of the molecule is COc1ccccc1NC(=O)c1ccccc1N/C=C(\C#N)c1nc(C)cs1. The first-order chi connectivity index (χ1) is 13.6. The molecule has 140 valence electrons. The lowest BCUT2D eigenvalue weighted by Crippen LogP contribution is -2.14. The number of carbonyl (C=O) groups is 1. The molecule has 1 amide bonds. The number of hydrogen-bond donors (Lipinski definition) is 2. The molecule has 0 aliphatic rings. The highest BCUT2D eigenvalue weighted by atomic mass is 32.1. The van der Waals surface area contributed by atoms with E-state index in [1.807, 2.05) is 30.5 Å². The van der Waals surface area contributed by atoms with Gasteiger partial charge in [0.05, 0.1) is 24.0 Å². The van der Waals surface area contributed by atoms with Crippen molar-refractivity contribution in [1.29, 1.82) is 5.26 Å². The second-order valence-electron chi connectivity index (χ2n) is 5.81. The van der Waals surface area contributed by atoms with Crippen molar-refractivity contribution in [3.05, 3.63) is 76.4 Å². The summed E-state index contributed by atoms with van der Waals surface area (Å²) in [4.78, 5) is 17.1. The lowest BCUT2D eigenvalue weighted by Gasteiger charge is -2.12. The second kappa shape index (κ2) is 8.84. The van der Waals surface area contributed by atoms with E-state index < -0.39 is 0 Å². The predicted octanol–water partition coefficient (Wildman–Crippen LogP) is 4.69. The van der Waals surface area contributed by atoms with Crippen LogP contribution in [0.5, 0.6) is 5.75 Å². The number of amides is 1. The Morgan fingerprint density at radius 3 is 2.57 bits per heavy atom. The fourth-order valence-electron chi connectivity index (χ4n) is 2.51. The quantitative estimate of drug-likeness (QED) is 0.596. The Morgan fingerprint density at radius 1 is 1.18 bits per heavy atom. The summed E-state index contributed by atoms with van der Waals surface area (Å²) in [5.41, 5.74) is 2.86. The number of nitriles is 1. The summed E-state index contributed by atoms with van der Waals surface area (Å²) in [6.07, 6.45) is 1.56. The van der Waals surface area contributed by atoms with Crippen molar-refractivity contribution in [3.8, 4) is 11.8 Å². The van der Waals surface area contributed by atoms with E-state index in [2.05, 4.69) is 21.7 Å². The molecular formula is C21H18N4O2S. The highest BCUT2D eigenvalue weighted by Crippen LogP contribution is 2.25. The smallest absolute Gasteiger partial charge is 0.257 e. The number of para-hydroxylation sites is 3. The van der Waals surface area contributed by atoms with Gasteiger partial charge < -0.3 is 15.4 Å². The molecule has 0 atom stereocenters. The van der Waals surface area contributed by atoms with Gasteiger partial charge >= 0.3 is 0 Å². The Labute approximate surface area is 167 Å². The van der Waals surface area contributed by atoms with Crippen LogP contribution in [0.25, 0.3) is 5.57 Å². The molecule has 0 aliphatic carbocycles. The van der Waals surface area contributed by atoms with Crippen LogP contribution in [0.15, 0.2) is 60.1 Å². The molecule has 28 heavy (non-hydrogen) atoms. The molecular weight excluding hydrogens is 372 g/mol. The average molecular weight is 390 g/mol. The average Bonchev–Trinajstić information content (AvgIpc) is 3.15. The number of benzene rings is 2. The Kier molecular flexibility index (Phi) is 6.04. The van der Waals surface area contributed by atoms with E-state index in [1.54, 1.807) is 43.6 Å². The molecule has 2 aromatic carbocycles. The van der Waals surface area contributed by atoms with Crippen LogP contribution in [-0.2, 0) is 0 Å². The summed E-state index contributed by atoms with van der Waals surface area (Å²) in [5.74, 6) is 0.289. The highest BCUT2D eigenvalue weighted by molar-refractivity contribution is 7.10. The molecule has 6 nitrogen and oxygen atoms in total. The normalized spacial score (nSPS) is 10.8. The highest BCUT2D eigenvalue weighted by Gasteiger charge is 2.13. The third kappa shape index (κ3) is 4.37. The fraction of sp³-hybridized carbons (Fsp3) is 0.0952. The van der Waals surface area contributed by atoms with E-state index in [0.29, 0.717) is 33.3 Å². The van der Waals surface area contributed by atoms with E-state index in [-0.39, 0.29) is 5.91 Å². The van der Waals surface area contributed by atoms with Crippen LogP contribution in [0.2, 0.25) is 0 Å². The zero-order valence-corrected chi connectivity index (χ0v) is 16.2. The minimum atomic E-state index is -0.287. The first-order valence-corrected chi connectivity index (χ1v) is 9.33. The van der Waals surface area contributed by atoms with Gasteiger partial charge in [-0.25, -0.2) is 4.98 Å². The first kappa shape index (κ1) is 19.1. The molecule has 0 aliphatic heterocycles. The number of aromatic nitrogens is 1. The number of nitrogens with zero attached hydrogens (tertiary/aromatic N) is 2. The molecule has 3 rings (SSSR count). The van der Waals surface area contributed by atoms with Gasteiger partial charge in [-0.05, 0) is 31.2 Å². The summed E-state index contributed by atoms with van der Waals surface area (Å²) in [7, 11) is 1.55. The van der Waals surface area contributed by atoms with Crippen LogP contribution < -0.4 is 15.4 Å². The van der Waals surface area contributed by atoms with Gasteiger partial charge in [0.1, 0.15) is 22.4 Å². The van der Waals surface area contributed by atoms with E-state index in [4.69, 9.17) is 4.74 Å². The molecule has 0 unspecified atom stereocenters. The number of rotatable bonds is 6. The number of ether oxygens (including phenoxy) is 1. The lowest BCUT2D eigenvalue weighted by atomic mass is 10.1. The Hall–Kier alpha value is -3.63. The Bertz CT molecular complexity index is 1070. The summed E-state index contributed by atoms with van der Waals surface area (Å²) < 4.78 is 5.28. The number of carbonyl (C=O) groups excluding carboxylic acids is 1. The molecule has 0 saturated heterocycles. The van der Waals surface area contributed by atoms with Crippen LogP contribution in [0, 0.1) is 18.3 Å². The topological polar surface area (TPSA) is 87.0 Å². The van der Waals surface area contributed by atoms with Gasteiger partial charge in [-0.2, -0.15) is 5.26 Å². The van der Waals surface area contributed by atoms with Gasteiger partial charge in [0.25, 0.3) is 5.91 Å². The van der Waals surface area contributed by atoms with Gasteiger partial charge in [-0.1, -0.05) is 24.3 Å². The summed E-state index contributed by atoms with van der Waals surface area (Å²) in [6, 6.07) is 16.4. The van der Waals surface area contributed by atoms with Crippen molar-refractivity contribution in [2.75, 3.05) is 17.7 Å². The Balaban J connectivity index is 1.84. The monoisotopic (exact) mass is 390 g/mol. The minimum Gasteiger partial charge on any atom is -0.495 e. The second-order valence-corrected chi connectivity index (χ2v) is 6.67. The summed E-state index contributed by atoms with van der Waals surface area (Å²) in [5, 5.41) is 17.8. The van der Waals surface area contributed by atoms with Gasteiger partial charge in [0.15, 0.2) is 0 Å². The van der Waals surface area contributed by atoms with E-state index >= 15 is 0 Å². The van der Waals surface area contributed by atoms with Crippen LogP contribution in [0.1, 0.15) is 21.1 Å². The number of anilines is 2. The van der Waals surface area contributed by atoms with Crippen molar-refractivity contribution in [2.45, 2.75) is 6.92 Å². The van der Waals surface area contributed by atoms with Crippen LogP contribution in [-0.4, -0.2) is 18.0 Å². The van der Waals surface area contributed by atoms with Crippen molar-refractivity contribution in [3.63, 3.8) is 0 Å². The fourth-order valence-corrected chi connectivity index (χ4v) is 3.28. The maximum Gasteiger partial charge on any atom is 0.257 e. The van der Waals surface area contributed by atoms with Gasteiger partial charge in [0, 0.05) is 17.3 Å². The number of aryl methyl sites for hydroxylation is 1. The molecule has 0 spiro atoms. The third-order valence-electron chi connectivity index (χ3n) is 3.87. The zero-order chi connectivity index (χ0) is 19.9. The molecule has 1 heterocycles. The predicted molar refractivity (Wildman–Crippen MR) is 111 cm³/mol. The van der Waals surface area contributed by atoms with E-state index in [0.717, 1.165) is 5.69 Å². The van der Waals surface area contributed by atoms with Crippen molar-refractivity contribution in [2.24, 2.45) is 0 Å². The van der Waals surface area contributed by atoms with Gasteiger partial charge in [-0.15, -0.1) is 11.3 Å². The van der Waals surface area contributed by atoms with Crippen molar-refractivity contribution in [1.82, 2.24) is 4.98 Å². The number of hydrogen-bond acceptors (Lipinski definition) is 6. The lowest BCUT2D eigenvalue weighted by molar-refractivity contribution is 0.102. The first-order valence-electron chi connectivity index (χ1n) is 8.45. The molecule has 2 N–H and O–H groups in total. The molecule has 0 fully saturated rings. The molecule has 0 saturated carbocycles. The third-order valence-corrected chi connectivity index (χ3v) is 4.86. The molecule has 1 aromatic heterocycles. The number of thiazole rings is 1. The van der Waals surface area contributed by atoms with Crippen LogP contribution in [0.3, 0.4) is 0 Å². The number of methoxy groups -OCH3 is 1. The molecule has 0 radical (unpaired) electrons. The summed E-state index contributed by atoms with van der Waals surface area (Å²) in [6.45, 7) is 1.87. The van der Waals surface area contributed by atoms with Gasteiger partial charge in [0.2, 0.25) is 0 Å². The maximum atomic E-state index is 12.8. The van der Waals surface area contributed by atoms with Crippen LogP contribution in [0.4, 0.5) is 11.4 Å². The maximum absolute atomic E-state index is 12.8. The molecule has 0 bridgehead atoms. The van der Waals surface area contributed by atoms with Gasteiger partial charge in [-0.3, -0.25) is 4.79 Å². The van der Waals surface area contributed by atoms with Crippen molar-refractivity contribution < 1.29 is 9.53 Å². The van der Waals surface area contributed by atoms with E-state index in [9.17, 15) is 10.1 Å².